The average Bonchev–Trinajstić information content (AvgIpc) is 2.83. The van der Waals surface area contributed by atoms with Crippen LogP contribution in [-0.2, 0) is 10.0 Å². The summed E-state index contributed by atoms with van der Waals surface area (Å²) in [7, 11) is -3.76. The van der Waals surface area contributed by atoms with Crippen LogP contribution in [-0.4, -0.2) is 33.0 Å². The maximum Gasteiger partial charge on any atom is 0.300 e. The Bertz CT molecular complexity index is 669. The zero-order valence-electron chi connectivity index (χ0n) is 11.0. The molecule has 0 bridgehead atoms. The van der Waals surface area contributed by atoms with Gasteiger partial charge >= 0.3 is 0 Å². The van der Waals surface area contributed by atoms with Crippen LogP contribution < -0.4 is 10.0 Å². The van der Waals surface area contributed by atoms with Crippen molar-refractivity contribution in [3.63, 3.8) is 0 Å². The minimum Gasteiger partial charge on any atom is -0.313 e. The third-order valence-electron chi connectivity index (χ3n) is 3.00. The average molecular weight is 352 g/mol. The van der Waals surface area contributed by atoms with Gasteiger partial charge < -0.3 is 5.32 Å². The van der Waals surface area contributed by atoms with E-state index in [0.717, 1.165) is 25.6 Å². The molecule has 0 amide bonds. The molecule has 0 unspecified atom stereocenters. The zero-order chi connectivity index (χ0) is 15.5. The molecule has 10 heteroatoms. The van der Waals surface area contributed by atoms with Gasteiger partial charge in [-0.3, -0.25) is 10.1 Å². The highest BCUT2D eigenvalue weighted by Gasteiger charge is 2.24. The fourth-order valence-corrected chi connectivity index (χ4v) is 4.65. The first-order chi connectivity index (χ1) is 9.90. The van der Waals surface area contributed by atoms with E-state index in [1.165, 1.54) is 5.57 Å². The van der Waals surface area contributed by atoms with Crippen molar-refractivity contribution in [3.8, 4) is 0 Å². The van der Waals surface area contributed by atoms with E-state index in [1.807, 2.05) is 6.08 Å². The third kappa shape index (κ3) is 4.24. The lowest BCUT2D eigenvalue weighted by molar-refractivity contribution is -0.384. The third-order valence-corrected chi connectivity index (χ3v) is 6.28. The van der Waals surface area contributed by atoms with Crippen molar-refractivity contribution < 1.29 is 13.3 Å². The number of hydrogen-bond donors (Lipinski definition) is 2. The van der Waals surface area contributed by atoms with E-state index in [0.29, 0.717) is 17.8 Å². The molecule has 2 rings (SSSR count). The lowest BCUT2D eigenvalue weighted by Gasteiger charge is -2.13. The van der Waals surface area contributed by atoms with Gasteiger partial charge in [0, 0.05) is 19.2 Å². The smallest absolute Gasteiger partial charge is 0.300 e. The Kier molecular flexibility index (Phi) is 5.33. The first kappa shape index (κ1) is 16.4. The maximum absolute atomic E-state index is 12.0. The molecule has 0 aromatic carbocycles. The molecule has 7 nitrogen and oxygen atoms in total. The Morgan fingerprint density at radius 3 is 2.86 bits per heavy atom. The first-order valence-electron chi connectivity index (χ1n) is 6.22. The van der Waals surface area contributed by atoms with E-state index in [1.54, 1.807) is 0 Å². The van der Waals surface area contributed by atoms with Crippen molar-refractivity contribution in [2.24, 2.45) is 0 Å². The molecule has 0 radical (unpaired) electrons. The Morgan fingerprint density at radius 2 is 2.29 bits per heavy atom. The van der Waals surface area contributed by atoms with Gasteiger partial charge in [0.2, 0.25) is 10.0 Å². The molecule has 0 fully saturated rings. The van der Waals surface area contributed by atoms with Crippen molar-refractivity contribution in [2.45, 2.75) is 17.1 Å². The second-order valence-electron chi connectivity index (χ2n) is 4.45. The molecule has 0 saturated heterocycles. The Morgan fingerprint density at radius 1 is 1.52 bits per heavy atom. The number of thiophene rings is 1. The molecule has 1 aromatic rings. The van der Waals surface area contributed by atoms with Crippen LogP contribution in [0.3, 0.4) is 0 Å². The van der Waals surface area contributed by atoms with Crippen LogP contribution in [0.2, 0.25) is 4.34 Å². The fraction of sp³-hybridized carbons (Fsp3) is 0.455. The summed E-state index contributed by atoms with van der Waals surface area (Å²) in [6.07, 6.45) is 3.57. The lowest BCUT2D eigenvalue weighted by Crippen LogP contribution is -2.26. The van der Waals surface area contributed by atoms with Crippen LogP contribution >= 0.6 is 22.9 Å². The van der Waals surface area contributed by atoms with E-state index in [2.05, 4.69) is 10.0 Å². The molecule has 116 valence electrons. The molecular weight excluding hydrogens is 338 g/mol. The maximum atomic E-state index is 12.0. The number of rotatable bonds is 6. The molecule has 1 aliphatic heterocycles. The van der Waals surface area contributed by atoms with Crippen LogP contribution in [0.4, 0.5) is 5.69 Å². The van der Waals surface area contributed by atoms with Crippen molar-refractivity contribution in [3.05, 3.63) is 32.2 Å². The molecule has 0 aliphatic carbocycles. The number of hydrogen-bond acceptors (Lipinski definition) is 6. The first-order valence-corrected chi connectivity index (χ1v) is 8.90. The molecular formula is C11H14ClN3O4S2. The topological polar surface area (TPSA) is 101 Å². The Labute approximate surface area is 131 Å². The van der Waals surface area contributed by atoms with Gasteiger partial charge in [-0.1, -0.05) is 23.3 Å². The van der Waals surface area contributed by atoms with Crippen LogP contribution in [0.15, 0.2) is 21.9 Å². The summed E-state index contributed by atoms with van der Waals surface area (Å²) < 4.78 is 26.3. The molecule has 0 spiro atoms. The quantitative estimate of drug-likeness (QED) is 0.463. The fourth-order valence-electron chi connectivity index (χ4n) is 1.91. The normalized spacial score (nSPS) is 15.8. The van der Waals surface area contributed by atoms with Crippen LogP contribution in [0.1, 0.15) is 12.8 Å². The summed E-state index contributed by atoms with van der Waals surface area (Å²) in [6.45, 7) is 1.96. The second kappa shape index (κ2) is 6.84. The number of sulfonamides is 1. The van der Waals surface area contributed by atoms with Gasteiger partial charge in [-0.05, 0) is 19.4 Å². The van der Waals surface area contributed by atoms with Gasteiger partial charge in [0.15, 0.2) is 4.34 Å². The summed E-state index contributed by atoms with van der Waals surface area (Å²) in [5, 5.41) is 13.9. The summed E-state index contributed by atoms with van der Waals surface area (Å²) >= 11 is 6.35. The molecule has 0 saturated carbocycles. The van der Waals surface area contributed by atoms with Gasteiger partial charge in [0.25, 0.3) is 5.69 Å². The summed E-state index contributed by atoms with van der Waals surface area (Å²) in [5.41, 5.74) is 0.815. The molecule has 2 heterocycles. The van der Waals surface area contributed by atoms with Crippen LogP contribution in [0.5, 0.6) is 0 Å². The van der Waals surface area contributed by atoms with Crippen molar-refractivity contribution in [1.82, 2.24) is 10.0 Å². The molecule has 0 atom stereocenters. The van der Waals surface area contributed by atoms with Crippen molar-refractivity contribution in [1.29, 1.82) is 0 Å². The number of nitrogens with zero attached hydrogens (tertiary/aromatic N) is 1. The van der Waals surface area contributed by atoms with Gasteiger partial charge in [-0.15, -0.1) is 11.3 Å². The van der Waals surface area contributed by atoms with Crippen molar-refractivity contribution in [2.75, 3.05) is 19.6 Å². The minimum absolute atomic E-state index is 0.138. The van der Waals surface area contributed by atoms with E-state index in [4.69, 9.17) is 11.6 Å². The molecule has 2 N–H and O–H groups in total. The Balaban J connectivity index is 1.99. The minimum atomic E-state index is -3.76. The zero-order valence-corrected chi connectivity index (χ0v) is 13.4. The van der Waals surface area contributed by atoms with Gasteiger partial charge in [0.05, 0.1) is 4.92 Å². The standard InChI is InChI=1S/C11H14ClN3O4S2/c12-11-9(15(16)17)7-10(20-11)21(18,19)14-6-3-8-1-4-13-5-2-8/h1,7,13-14H,2-6H2. The summed E-state index contributed by atoms with van der Waals surface area (Å²) in [6, 6.07) is 0.985. The lowest BCUT2D eigenvalue weighted by atomic mass is 10.1. The molecule has 21 heavy (non-hydrogen) atoms. The monoisotopic (exact) mass is 351 g/mol. The number of nitro groups is 1. The SMILES string of the molecule is O=[N+]([O-])c1cc(S(=O)(=O)NCCC2=CCNCC2)sc1Cl. The predicted octanol–water partition coefficient (Wildman–Crippen LogP) is 1.90. The Hall–Kier alpha value is -1.00. The van der Waals surface area contributed by atoms with Crippen molar-refractivity contribution >= 4 is 38.6 Å². The van der Waals surface area contributed by atoms with Gasteiger partial charge in [-0.2, -0.15) is 0 Å². The summed E-state index contributed by atoms with van der Waals surface area (Å²) in [4.78, 5) is 9.99. The second-order valence-corrected chi connectivity index (χ2v) is 8.09. The highest BCUT2D eigenvalue weighted by molar-refractivity contribution is 7.91. The van der Waals surface area contributed by atoms with E-state index in [-0.39, 0.29) is 20.8 Å². The number of halogens is 1. The van der Waals surface area contributed by atoms with Crippen LogP contribution in [0.25, 0.3) is 0 Å². The van der Waals surface area contributed by atoms with E-state index < -0.39 is 14.9 Å². The van der Waals surface area contributed by atoms with Crippen LogP contribution in [0, 0.1) is 10.1 Å². The largest absolute Gasteiger partial charge is 0.313 e. The highest BCUT2D eigenvalue weighted by Crippen LogP contribution is 2.36. The summed E-state index contributed by atoms with van der Waals surface area (Å²) in [5.74, 6) is 0. The van der Waals surface area contributed by atoms with Gasteiger partial charge in [0.1, 0.15) is 4.21 Å². The molecule has 1 aliphatic rings. The molecule has 1 aromatic heterocycles. The number of nitrogens with one attached hydrogen (secondary N) is 2. The van der Waals surface area contributed by atoms with E-state index in [9.17, 15) is 18.5 Å². The van der Waals surface area contributed by atoms with Gasteiger partial charge in [-0.25, -0.2) is 13.1 Å². The highest BCUT2D eigenvalue weighted by atomic mass is 35.5. The van der Waals surface area contributed by atoms with E-state index >= 15 is 0 Å². The predicted molar refractivity (Wildman–Crippen MR) is 81.4 cm³/mol.